The van der Waals surface area contributed by atoms with Gasteiger partial charge in [-0.25, -0.2) is 9.37 Å². The molecule has 4 heterocycles. The zero-order valence-corrected chi connectivity index (χ0v) is 17.3. The Hall–Kier alpha value is -2.50. The maximum Gasteiger partial charge on any atom is 0.415 e. The molecule has 0 saturated heterocycles. The van der Waals surface area contributed by atoms with Crippen LogP contribution in [0.3, 0.4) is 0 Å². The highest BCUT2D eigenvalue weighted by molar-refractivity contribution is 7.59. The van der Waals surface area contributed by atoms with Gasteiger partial charge in [0.25, 0.3) is 0 Å². The Morgan fingerprint density at radius 2 is 2.03 bits per heavy atom. The second kappa shape index (κ2) is 7.97. The van der Waals surface area contributed by atoms with Crippen molar-refractivity contribution in [3.05, 3.63) is 57.0 Å². The summed E-state index contributed by atoms with van der Waals surface area (Å²) in [5.74, 6) is -0.452. The quantitative estimate of drug-likeness (QED) is 0.441. The van der Waals surface area contributed by atoms with E-state index in [0.717, 1.165) is 22.8 Å². The molecule has 0 aliphatic carbocycles. The first-order chi connectivity index (χ1) is 13.4. The van der Waals surface area contributed by atoms with Crippen molar-refractivity contribution in [2.24, 2.45) is 0 Å². The Balaban J connectivity index is 0.00000128. The molecule has 0 fully saturated rings. The van der Waals surface area contributed by atoms with Crippen LogP contribution in [0.1, 0.15) is 24.9 Å². The molecular weight excluding hydrogens is 429 g/mol. The standard InChI is InChI=1S/C18H16FN5O3S.CH4.H2S/c1-18(10-23-8-15(24(25)26)21-17(23)27-18)9-22-6-13-14(7-22)28-16(20-13)11-2-4-12(19)5-3-11;;/h2-5,8H,6-7,9-10H2,1H3;1H4;1H2/t18-;;/m0../s1. The average molecular weight is 452 g/mol. The summed E-state index contributed by atoms with van der Waals surface area (Å²) >= 11 is 1.63. The Morgan fingerprint density at radius 1 is 1.30 bits per heavy atom. The Bertz CT molecular complexity index is 1040. The number of nitrogens with zero attached hydrogens (tertiary/aromatic N) is 5. The van der Waals surface area contributed by atoms with Crippen LogP contribution < -0.4 is 4.74 Å². The minimum Gasteiger partial charge on any atom is -0.436 e. The summed E-state index contributed by atoms with van der Waals surface area (Å²) in [4.78, 5) is 22.4. The van der Waals surface area contributed by atoms with Crippen LogP contribution in [0.15, 0.2) is 30.5 Å². The third-order valence-electron chi connectivity index (χ3n) is 4.92. The maximum absolute atomic E-state index is 13.1. The fourth-order valence-corrected chi connectivity index (χ4v) is 4.88. The molecule has 0 amide bonds. The van der Waals surface area contributed by atoms with E-state index in [1.165, 1.54) is 23.2 Å². The van der Waals surface area contributed by atoms with Crippen molar-refractivity contribution in [1.82, 2.24) is 19.4 Å². The van der Waals surface area contributed by atoms with E-state index in [0.29, 0.717) is 25.6 Å². The molecule has 5 rings (SSSR count). The van der Waals surface area contributed by atoms with Crippen LogP contribution >= 0.6 is 24.8 Å². The van der Waals surface area contributed by atoms with E-state index in [4.69, 9.17) is 9.72 Å². The molecule has 3 aromatic rings. The van der Waals surface area contributed by atoms with Crippen molar-refractivity contribution < 1.29 is 14.1 Å². The monoisotopic (exact) mass is 451 g/mol. The molecule has 8 nitrogen and oxygen atoms in total. The number of aromatic nitrogens is 3. The lowest BCUT2D eigenvalue weighted by Gasteiger charge is -2.27. The molecule has 2 aliphatic heterocycles. The number of hydrogen-bond donors (Lipinski definition) is 0. The van der Waals surface area contributed by atoms with Gasteiger partial charge < -0.3 is 14.9 Å². The zero-order valence-electron chi connectivity index (χ0n) is 15.5. The molecule has 0 saturated carbocycles. The second-order valence-corrected chi connectivity index (χ2v) is 8.44. The highest BCUT2D eigenvalue weighted by atomic mass is 32.1. The Kier molecular flexibility index (Phi) is 5.89. The molecule has 1 aromatic carbocycles. The molecule has 0 spiro atoms. The summed E-state index contributed by atoms with van der Waals surface area (Å²) in [5, 5.41) is 11.7. The fraction of sp³-hybridized carbons (Fsp3) is 0.368. The first-order valence-electron chi connectivity index (χ1n) is 8.76. The largest absolute Gasteiger partial charge is 0.436 e. The number of imidazole rings is 1. The minimum absolute atomic E-state index is 0. The number of nitro groups is 1. The highest BCUT2D eigenvalue weighted by Gasteiger charge is 2.42. The van der Waals surface area contributed by atoms with E-state index < -0.39 is 10.5 Å². The van der Waals surface area contributed by atoms with E-state index >= 15 is 0 Å². The molecule has 11 heteroatoms. The van der Waals surface area contributed by atoms with Crippen LogP contribution in [0.4, 0.5) is 10.2 Å². The van der Waals surface area contributed by atoms with E-state index in [9.17, 15) is 14.5 Å². The lowest BCUT2D eigenvalue weighted by molar-refractivity contribution is -0.389. The zero-order chi connectivity index (χ0) is 19.5. The molecule has 0 unspecified atom stereocenters. The number of benzene rings is 1. The van der Waals surface area contributed by atoms with E-state index in [1.54, 1.807) is 28.0 Å². The van der Waals surface area contributed by atoms with Crippen molar-refractivity contribution >= 4 is 30.7 Å². The van der Waals surface area contributed by atoms with Gasteiger partial charge in [0.2, 0.25) is 0 Å². The Labute approximate surface area is 183 Å². The number of ether oxygens (including phenoxy) is 1. The first kappa shape index (κ1) is 22.2. The number of rotatable bonds is 4. The Morgan fingerprint density at radius 3 is 2.67 bits per heavy atom. The summed E-state index contributed by atoms with van der Waals surface area (Å²) in [6.07, 6.45) is 1.41. The second-order valence-electron chi connectivity index (χ2n) is 7.36. The van der Waals surface area contributed by atoms with Gasteiger partial charge in [-0.15, -0.1) is 11.3 Å². The number of hydrogen-bond acceptors (Lipinski definition) is 7. The van der Waals surface area contributed by atoms with Crippen molar-refractivity contribution in [3.63, 3.8) is 0 Å². The molecular formula is C19H22FN5O3S2. The topological polar surface area (TPSA) is 86.3 Å². The molecule has 1 atom stereocenters. The van der Waals surface area contributed by atoms with Crippen LogP contribution in [0.2, 0.25) is 0 Å². The van der Waals surface area contributed by atoms with Crippen LogP contribution in [-0.4, -0.2) is 36.5 Å². The highest BCUT2D eigenvalue weighted by Crippen LogP contribution is 2.36. The van der Waals surface area contributed by atoms with Crippen LogP contribution in [0, 0.1) is 15.9 Å². The van der Waals surface area contributed by atoms with Gasteiger partial charge in [0.05, 0.1) is 12.2 Å². The van der Waals surface area contributed by atoms with Gasteiger partial charge in [0, 0.05) is 35.1 Å². The predicted octanol–water partition coefficient (Wildman–Crippen LogP) is 3.97. The minimum atomic E-state index is -0.519. The number of thiazole rings is 1. The third kappa shape index (κ3) is 3.92. The van der Waals surface area contributed by atoms with Gasteiger partial charge >= 0.3 is 11.8 Å². The molecule has 0 bridgehead atoms. The molecule has 0 radical (unpaired) electrons. The number of halogens is 1. The van der Waals surface area contributed by atoms with Crippen LogP contribution in [-0.2, 0) is 19.6 Å². The average Bonchev–Trinajstić information content (AvgIpc) is 3.33. The molecule has 0 N–H and O–H groups in total. The summed E-state index contributed by atoms with van der Waals surface area (Å²) in [7, 11) is 0. The van der Waals surface area contributed by atoms with Crippen molar-refractivity contribution in [2.45, 2.75) is 39.6 Å². The summed E-state index contributed by atoms with van der Waals surface area (Å²) in [6.45, 7) is 4.65. The first-order valence-corrected chi connectivity index (χ1v) is 9.58. The van der Waals surface area contributed by atoms with Crippen LogP contribution in [0.5, 0.6) is 6.01 Å². The lowest BCUT2D eigenvalue weighted by Crippen LogP contribution is -2.43. The number of fused-ring (bicyclic) bond motifs is 2. The van der Waals surface area contributed by atoms with Crippen molar-refractivity contribution in [2.75, 3.05) is 6.54 Å². The molecule has 2 aliphatic rings. The predicted molar refractivity (Wildman–Crippen MR) is 117 cm³/mol. The summed E-state index contributed by atoms with van der Waals surface area (Å²) in [6, 6.07) is 6.67. The lowest BCUT2D eigenvalue weighted by atomic mass is 10.1. The van der Waals surface area contributed by atoms with Crippen molar-refractivity contribution in [1.29, 1.82) is 0 Å². The maximum atomic E-state index is 13.1. The molecule has 30 heavy (non-hydrogen) atoms. The summed E-state index contributed by atoms with van der Waals surface area (Å²) in [5.41, 5.74) is 1.47. The van der Waals surface area contributed by atoms with Gasteiger partial charge in [0.15, 0.2) is 0 Å². The fourth-order valence-electron chi connectivity index (χ4n) is 3.77. The van der Waals surface area contributed by atoms with Gasteiger partial charge in [-0.05, 0) is 36.1 Å². The smallest absolute Gasteiger partial charge is 0.415 e. The van der Waals surface area contributed by atoms with Gasteiger partial charge in [-0.2, -0.15) is 13.5 Å². The third-order valence-corrected chi connectivity index (χ3v) is 6.06. The van der Waals surface area contributed by atoms with E-state index in [2.05, 4.69) is 9.88 Å². The SMILES string of the molecule is C.C[C@]1(CN2Cc3nc(-c4ccc(F)cc4)sc3C2)Cn2cc([N+](=O)[O-])nc2O1.S. The van der Waals surface area contributed by atoms with Crippen LogP contribution in [0.25, 0.3) is 10.6 Å². The van der Waals surface area contributed by atoms with Gasteiger partial charge in [-0.3, -0.25) is 9.47 Å². The summed E-state index contributed by atoms with van der Waals surface area (Å²) < 4.78 is 20.7. The molecule has 2 aromatic heterocycles. The normalized spacial score (nSPS) is 19.4. The van der Waals surface area contributed by atoms with Gasteiger partial charge in [-0.1, -0.05) is 7.43 Å². The van der Waals surface area contributed by atoms with E-state index in [-0.39, 0.29) is 32.6 Å². The molecule has 160 valence electrons. The van der Waals surface area contributed by atoms with Gasteiger partial charge in [0.1, 0.15) is 22.6 Å². The van der Waals surface area contributed by atoms with E-state index in [1.807, 2.05) is 6.92 Å². The van der Waals surface area contributed by atoms with Crippen molar-refractivity contribution in [3.8, 4) is 16.6 Å².